The van der Waals surface area contributed by atoms with Gasteiger partial charge in [-0.2, -0.15) is 0 Å². The lowest BCUT2D eigenvalue weighted by Crippen LogP contribution is -2.33. The Labute approximate surface area is 184 Å². The largest absolute Gasteiger partial charge is 0.497 e. The van der Waals surface area contributed by atoms with Crippen LogP contribution in [-0.4, -0.2) is 25.9 Å². The summed E-state index contributed by atoms with van der Waals surface area (Å²) in [6, 6.07) is 22.3. The minimum absolute atomic E-state index is 0.611. The van der Waals surface area contributed by atoms with E-state index in [2.05, 4.69) is 57.9 Å². The van der Waals surface area contributed by atoms with E-state index in [0.29, 0.717) is 12.5 Å². The second kappa shape index (κ2) is 8.24. The molecular formula is C25H21N3O2S. The van der Waals surface area contributed by atoms with Crippen LogP contribution in [-0.2, 0) is 0 Å². The Morgan fingerprint density at radius 1 is 0.871 bits per heavy atom. The SMILES string of the molecule is COc1ccc(N2C=c3c(-c4ccc(-c5cccc(OC)n5)cc4)csc3=NC2)cc1. The highest BCUT2D eigenvalue weighted by atomic mass is 32.1. The second-order valence-electron chi connectivity index (χ2n) is 7.11. The molecule has 6 heteroatoms. The zero-order valence-electron chi connectivity index (χ0n) is 17.3. The van der Waals surface area contributed by atoms with E-state index in [1.165, 1.54) is 5.56 Å². The highest BCUT2D eigenvalue weighted by Crippen LogP contribution is 2.25. The number of benzene rings is 2. The predicted molar refractivity (Wildman–Crippen MR) is 125 cm³/mol. The van der Waals surface area contributed by atoms with Crippen molar-refractivity contribution in [3.8, 4) is 34.0 Å². The Morgan fingerprint density at radius 2 is 1.65 bits per heavy atom. The van der Waals surface area contributed by atoms with Gasteiger partial charge in [-0.05, 0) is 35.9 Å². The molecule has 0 amide bonds. The summed E-state index contributed by atoms with van der Waals surface area (Å²) in [5.74, 6) is 1.46. The maximum absolute atomic E-state index is 5.27. The van der Waals surface area contributed by atoms with Gasteiger partial charge < -0.3 is 14.4 Å². The summed E-state index contributed by atoms with van der Waals surface area (Å²) in [6.07, 6.45) is 2.19. The van der Waals surface area contributed by atoms with Crippen LogP contribution >= 0.6 is 11.3 Å². The van der Waals surface area contributed by atoms with Gasteiger partial charge in [0.25, 0.3) is 0 Å². The van der Waals surface area contributed by atoms with Crippen LogP contribution < -0.4 is 24.3 Å². The van der Waals surface area contributed by atoms with Gasteiger partial charge in [-0.3, -0.25) is 4.99 Å². The minimum Gasteiger partial charge on any atom is -0.497 e. The third kappa shape index (κ3) is 3.78. The first-order valence-corrected chi connectivity index (χ1v) is 10.8. The molecule has 1 aliphatic heterocycles. The van der Waals surface area contributed by atoms with Crippen molar-refractivity contribution in [1.82, 2.24) is 4.98 Å². The summed E-state index contributed by atoms with van der Waals surface area (Å²) in [5, 5.41) is 3.33. The van der Waals surface area contributed by atoms with E-state index < -0.39 is 0 Å². The molecule has 5 rings (SSSR count). The van der Waals surface area contributed by atoms with Crippen molar-refractivity contribution in [1.29, 1.82) is 0 Å². The van der Waals surface area contributed by atoms with Crippen molar-refractivity contribution in [3.63, 3.8) is 0 Å². The Hall–Kier alpha value is -3.64. The first kappa shape index (κ1) is 19.3. The lowest BCUT2D eigenvalue weighted by Gasteiger charge is -2.20. The van der Waals surface area contributed by atoms with E-state index in [-0.39, 0.29) is 0 Å². The van der Waals surface area contributed by atoms with E-state index in [1.54, 1.807) is 25.6 Å². The molecule has 2 aromatic heterocycles. The second-order valence-corrected chi connectivity index (χ2v) is 7.97. The van der Waals surface area contributed by atoms with E-state index in [9.17, 15) is 0 Å². The Morgan fingerprint density at radius 3 is 2.39 bits per heavy atom. The number of rotatable bonds is 5. The average molecular weight is 428 g/mol. The molecule has 154 valence electrons. The highest BCUT2D eigenvalue weighted by Gasteiger charge is 2.12. The van der Waals surface area contributed by atoms with Crippen molar-refractivity contribution in [3.05, 3.63) is 82.0 Å². The van der Waals surface area contributed by atoms with E-state index in [0.717, 1.165) is 38.1 Å². The summed E-state index contributed by atoms with van der Waals surface area (Å²) in [6.45, 7) is 0.611. The van der Waals surface area contributed by atoms with Gasteiger partial charge in [0.2, 0.25) is 5.88 Å². The molecule has 0 bridgehead atoms. The van der Waals surface area contributed by atoms with Gasteiger partial charge >= 0.3 is 0 Å². The molecule has 0 radical (unpaired) electrons. The Kier molecular flexibility index (Phi) is 5.14. The van der Waals surface area contributed by atoms with Gasteiger partial charge in [-0.25, -0.2) is 4.98 Å². The molecule has 1 aliphatic rings. The molecule has 3 heterocycles. The first-order chi connectivity index (χ1) is 15.2. The van der Waals surface area contributed by atoms with Gasteiger partial charge in [0.15, 0.2) is 0 Å². The van der Waals surface area contributed by atoms with Crippen molar-refractivity contribution in [2.45, 2.75) is 0 Å². The zero-order valence-corrected chi connectivity index (χ0v) is 18.1. The number of hydrogen-bond donors (Lipinski definition) is 0. The molecule has 4 aromatic rings. The van der Waals surface area contributed by atoms with E-state index >= 15 is 0 Å². The predicted octanol–water partition coefficient (Wildman–Crippen LogP) is 4.33. The smallest absolute Gasteiger partial charge is 0.213 e. The number of fused-ring (bicyclic) bond motifs is 1. The number of nitrogens with zero attached hydrogens (tertiary/aromatic N) is 3. The van der Waals surface area contributed by atoms with Crippen LogP contribution in [0.5, 0.6) is 11.6 Å². The molecule has 0 N–H and O–H groups in total. The first-order valence-electron chi connectivity index (χ1n) is 9.91. The molecule has 0 fully saturated rings. The molecule has 2 aromatic carbocycles. The summed E-state index contributed by atoms with van der Waals surface area (Å²) >= 11 is 1.68. The van der Waals surface area contributed by atoms with Gasteiger partial charge in [0, 0.05) is 39.7 Å². The number of thiophene rings is 1. The third-order valence-corrected chi connectivity index (χ3v) is 6.21. The normalized spacial score (nSPS) is 12.5. The molecule has 0 atom stereocenters. The maximum Gasteiger partial charge on any atom is 0.213 e. The number of pyridine rings is 1. The fourth-order valence-electron chi connectivity index (χ4n) is 3.60. The molecular weight excluding hydrogens is 406 g/mol. The van der Waals surface area contributed by atoms with Crippen molar-refractivity contribution in [2.75, 3.05) is 25.8 Å². The van der Waals surface area contributed by atoms with Gasteiger partial charge in [-0.1, -0.05) is 30.3 Å². The van der Waals surface area contributed by atoms with E-state index in [1.807, 2.05) is 30.3 Å². The van der Waals surface area contributed by atoms with E-state index in [4.69, 9.17) is 14.5 Å². The van der Waals surface area contributed by atoms with Crippen molar-refractivity contribution in [2.24, 2.45) is 4.99 Å². The van der Waals surface area contributed by atoms with Crippen LogP contribution in [0.25, 0.3) is 28.6 Å². The quantitative estimate of drug-likeness (QED) is 0.476. The summed E-state index contributed by atoms with van der Waals surface area (Å²) in [4.78, 5) is 11.5. The van der Waals surface area contributed by atoms with Gasteiger partial charge in [0.1, 0.15) is 17.1 Å². The Balaban J connectivity index is 1.48. The lowest BCUT2D eigenvalue weighted by atomic mass is 10.0. The zero-order chi connectivity index (χ0) is 21.2. The van der Waals surface area contributed by atoms with Gasteiger partial charge in [-0.15, -0.1) is 11.3 Å². The average Bonchev–Trinajstić information content (AvgIpc) is 3.27. The van der Waals surface area contributed by atoms with Crippen LogP contribution in [0.3, 0.4) is 0 Å². The fraction of sp³-hybridized carbons (Fsp3) is 0.120. The van der Waals surface area contributed by atoms with Crippen LogP contribution in [0, 0.1) is 0 Å². The van der Waals surface area contributed by atoms with Crippen LogP contribution in [0.15, 0.2) is 77.1 Å². The molecule has 0 unspecified atom stereocenters. The number of ether oxygens (including phenoxy) is 2. The summed E-state index contributed by atoms with van der Waals surface area (Å²) in [7, 11) is 3.31. The number of aromatic nitrogens is 1. The minimum atomic E-state index is 0.611. The van der Waals surface area contributed by atoms with Crippen LogP contribution in [0.1, 0.15) is 0 Å². The highest BCUT2D eigenvalue weighted by molar-refractivity contribution is 7.07. The standard InChI is InChI=1S/C25H21N3O2S/c1-29-20-12-10-19(11-13-20)28-14-21-22(15-31-25(21)26-16-28)17-6-8-18(9-7-17)23-4-3-5-24(27-23)30-2/h3-15H,16H2,1-2H3. The molecule has 0 aliphatic carbocycles. The molecule has 0 spiro atoms. The fourth-order valence-corrected chi connectivity index (χ4v) is 4.52. The summed E-state index contributed by atoms with van der Waals surface area (Å²) < 4.78 is 11.6. The van der Waals surface area contributed by atoms with Crippen LogP contribution in [0.2, 0.25) is 0 Å². The van der Waals surface area contributed by atoms with Crippen LogP contribution in [0.4, 0.5) is 5.69 Å². The van der Waals surface area contributed by atoms with Gasteiger partial charge in [0.05, 0.1) is 19.9 Å². The third-order valence-electron chi connectivity index (χ3n) is 5.29. The molecule has 0 saturated carbocycles. The number of methoxy groups -OCH3 is 2. The molecule has 31 heavy (non-hydrogen) atoms. The Bertz CT molecular complexity index is 1330. The number of hydrogen-bond acceptors (Lipinski definition) is 6. The molecule has 5 nitrogen and oxygen atoms in total. The topological polar surface area (TPSA) is 47.0 Å². The summed E-state index contributed by atoms with van der Waals surface area (Å²) in [5.41, 5.74) is 5.39. The van der Waals surface area contributed by atoms with Crippen molar-refractivity contribution >= 4 is 23.2 Å². The molecule has 0 saturated heterocycles. The maximum atomic E-state index is 5.27. The lowest BCUT2D eigenvalue weighted by molar-refractivity contribution is 0.398. The monoisotopic (exact) mass is 427 g/mol. The van der Waals surface area contributed by atoms with Crippen molar-refractivity contribution < 1.29 is 9.47 Å². The number of anilines is 1.